The van der Waals surface area contributed by atoms with Crippen LogP contribution in [-0.2, 0) is 10.3 Å². The van der Waals surface area contributed by atoms with E-state index in [2.05, 4.69) is 6.92 Å². The highest BCUT2D eigenvalue weighted by Gasteiger charge is 2.40. The van der Waals surface area contributed by atoms with Crippen LogP contribution in [0.2, 0.25) is 0 Å². The topological polar surface area (TPSA) is 63.7 Å². The standard InChI is InChI=1S/C19H15NO4/c1-19(10-11-19)13-8-6-12(7-9-13)18(23)24-20-16(21)14-4-2-3-5-15(14)17(20)22/h2-9H,10-11H2,1H3. The van der Waals surface area contributed by atoms with Gasteiger partial charge >= 0.3 is 5.97 Å². The van der Waals surface area contributed by atoms with Gasteiger partial charge in [0.1, 0.15) is 0 Å². The number of hydroxylamine groups is 2. The Labute approximate surface area is 138 Å². The largest absolute Gasteiger partial charge is 0.363 e. The van der Waals surface area contributed by atoms with Crippen molar-refractivity contribution in [1.82, 2.24) is 5.06 Å². The molecule has 1 heterocycles. The van der Waals surface area contributed by atoms with E-state index in [0.29, 0.717) is 10.6 Å². The van der Waals surface area contributed by atoms with Gasteiger partial charge in [-0.3, -0.25) is 9.59 Å². The van der Waals surface area contributed by atoms with Crippen molar-refractivity contribution in [1.29, 1.82) is 0 Å². The Hall–Kier alpha value is -2.95. The molecule has 0 unspecified atom stereocenters. The Morgan fingerprint density at radius 2 is 1.50 bits per heavy atom. The van der Waals surface area contributed by atoms with Gasteiger partial charge in [-0.1, -0.05) is 36.3 Å². The fourth-order valence-corrected chi connectivity index (χ4v) is 2.87. The molecule has 1 fully saturated rings. The summed E-state index contributed by atoms with van der Waals surface area (Å²) in [5.74, 6) is -1.96. The number of amides is 2. The normalized spacial score (nSPS) is 17.6. The van der Waals surface area contributed by atoms with Crippen LogP contribution >= 0.6 is 0 Å². The summed E-state index contributed by atoms with van der Waals surface area (Å²) in [6.07, 6.45) is 2.29. The highest BCUT2D eigenvalue weighted by atomic mass is 16.7. The zero-order valence-electron chi connectivity index (χ0n) is 13.1. The molecule has 24 heavy (non-hydrogen) atoms. The Kier molecular flexibility index (Phi) is 3.06. The maximum absolute atomic E-state index is 12.3. The molecule has 5 nitrogen and oxygen atoms in total. The van der Waals surface area contributed by atoms with Crippen LogP contribution in [0.4, 0.5) is 0 Å². The van der Waals surface area contributed by atoms with Gasteiger partial charge in [0.2, 0.25) is 0 Å². The van der Waals surface area contributed by atoms with Crippen molar-refractivity contribution in [2.75, 3.05) is 0 Å². The third-order valence-electron chi connectivity index (χ3n) is 4.75. The monoisotopic (exact) mass is 321 g/mol. The van der Waals surface area contributed by atoms with Gasteiger partial charge in [-0.15, -0.1) is 0 Å². The SMILES string of the molecule is CC1(c2ccc(C(=O)ON3C(=O)c4ccccc4C3=O)cc2)CC1. The smallest absolute Gasteiger partial charge is 0.324 e. The fourth-order valence-electron chi connectivity index (χ4n) is 2.87. The van der Waals surface area contributed by atoms with E-state index in [4.69, 9.17) is 4.84 Å². The van der Waals surface area contributed by atoms with Crippen LogP contribution < -0.4 is 0 Å². The molecule has 0 atom stereocenters. The minimum Gasteiger partial charge on any atom is -0.324 e. The van der Waals surface area contributed by atoms with Crippen molar-refractivity contribution in [3.63, 3.8) is 0 Å². The highest BCUT2D eigenvalue weighted by molar-refractivity contribution is 6.21. The van der Waals surface area contributed by atoms with Crippen molar-refractivity contribution in [2.45, 2.75) is 25.2 Å². The second-order valence-corrected chi connectivity index (χ2v) is 6.47. The fraction of sp³-hybridized carbons (Fsp3) is 0.211. The third kappa shape index (κ3) is 2.21. The lowest BCUT2D eigenvalue weighted by Gasteiger charge is -2.13. The minimum absolute atomic E-state index is 0.213. The molecule has 2 aromatic carbocycles. The van der Waals surface area contributed by atoms with Crippen LogP contribution in [0.1, 0.15) is 56.4 Å². The zero-order chi connectivity index (χ0) is 16.9. The van der Waals surface area contributed by atoms with Crippen molar-refractivity contribution in [3.8, 4) is 0 Å². The van der Waals surface area contributed by atoms with Gasteiger partial charge in [-0.25, -0.2) is 4.79 Å². The summed E-state index contributed by atoms with van der Waals surface area (Å²) in [5, 5.41) is 0.531. The van der Waals surface area contributed by atoms with Crippen LogP contribution in [-0.4, -0.2) is 22.8 Å². The number of nitrogens with zero attached hydrogens (tertiary/aromatic N) is 1. The van der Waals surface area contributed by atoms with E-state index < -0.39 is 17.8 Å². The molecule has 1 aliphatic carbocycles. The van der Waals surface area contributed by atoms with E-state index in [1.807, 2.05) is 12.1 Å². The first-order chi connectivity index (χ1) is 11.5. The van der Waals surface area contributed by atoms with E-state index in [-0.39, 0.29) is 16.5 Å². The van der Waals surface area contributed by atoms with E-state index in [9.17, 15) is 14.4 Å². The van der Waals surface area contributed by atoms with Crippen LogP contribution in [0.3, 0.4) is 0 Å². The van der Waals surface area contributed by atoms with Crippen molar-refractivity contribution < 1.29 is 19.2 Å². The van der Waals surface area contributed by atoms with Crippen LogP contribution in [0.5, 0.6) is 0 Å². The minimum atomic E-state index is -0.725. The summed E-state index contributed by atoms with van der Waals surface area (Å²) in [6, 6.07) is 13.5. The Balaban J connectivity index is 1.53. The number of hydrogen-bond donors (Lipinski definition) is 0. The van der Waals surface area contributed by atoms with Gasteiger partial charge < -0.3 is 4.84 Å². The summed E-state index contributed by atoms with van der Waals surface area (Å²) in [5.41, 5.74) is 2.18. The lowest BCUT2D eigenvalue weighted by molar-refractivity contribution is -0.0584. The maximum Gasteiger partial charge on any atom is 0.363 e. The number of carbonyl (C=O) groups excluding carboxylic acids is 3. The lowest BCUT2D eigenvalue weighted by atomic mass is 9.97. The second-order valence-electron chi connectivity index (χ2n) is 6.47. The average Bonchev–Trinajstić information content (AvgIpc) is 3.32. The van der Waals surface area contributed by atoms with Crippen LogP contribution in [0.15, 0.2) is 48.5 Å². The molecule has 0 radical (unpaired) electrons. The Bertz CT molecular complexity index is 830. The quantitative estimate of drug-likeness (QED) is 0.815. The molecule has 120 valence electrons. The van der Waals surface area contributed by atoms with Gasteiger partial charge in [-0.2, -0.15) is 0 Å². The Morgan fingerprint density at radius 1 is 0.958 bits per heavy atom. The van der Waals surface area contributed by atoms with Crippen molar-refractivity contribution in [3.05, 3.63) is 70.8 Å². The highest BCUT2D eigenvalue weighted by Crippen LogP contribution is 2.47. The molecule has 1 aliphatic heterocycles. The average molecular weight is 321 g/mol. The third-order valence-corrected chi connectivity index (χ3v) is 4.75. The molecular weight excluding hydrogens is 306 g/mol. The first-order valence-electron chi connectivity index (χ1n) is 7.80. The summed E-state index contributed by atoms with van der Waals surface area (Å²) < 4.78 is 0. The molecule has 4 rings (SSSR count). The summed E-state index contributed by atoms with van der Waals surface area (Å²) in [4.78, 5) is 41.7. The Morgan fingerprint density at radius 3 is 2.00 bits per heavy atom. The zero-order valence-corrected chi connectivity index (χ0v) is 13.1. The first kappa shape index (κ1) is 14.6. The second kappa shape index (κ2) is 5.03. The molecule has 5 heteroatoms. The molecule has 0 N–H and O–H groups in total. The molecule has 2 aromatic rings. The molecule has 1 saturated carbocycles. The molecule has 2 aliphatic rings. The van der Waals surface area contributed by atoms with Gasteiger partial charge in [0, 0.05) is 0 Å². The summed E-state index contributed by atoms with van der Waals surface area (Å²) in [7, 11) is 0. The number of rotatable bonds is 3. The van der Waals surface area contributed by atoms with E-state index >= 15 is 0 Å². The lowest BCUT2D eigenvalue weighted by Crippen LogP contribution is -2.32. The first-order valence-corrected chi connectivity index (χ1v) is 7.80. The van der Waals surface area contributed by atoms with E-state index in [0.717, 1.165) is 12.8 Å². The number of hydrogen-bond acceptors (Lipinski definition) is 4. The summed E-state index contributed by atoms with van der Waals surface area (Å²) >= 11 is 0. The van der Waals surface area contributed by atoms with Crippen molar-refractivity contribution >= 4 is 17.8 Å². The van der Waals surface area contributed by atoms with Crippen LogP contribution in [0.25, 0.3) is 0 Å². The number of carbonyl (C=O) groups is 3. The molecular formula is C19H15NO4. The van der Waals surface area contributed by atoms with Crippen LogP contribution in [0, 0.1) is 0 Å². The predicted octanol–water partition coefficient (Wildman–Crippen LogP) is 3.11. The number of fused-ring (bicyclic) bond motifs is 1. The van der Waals surface area contributed by atoms with Crippen molar-refractivity contribution in [2.24, 2.45) is 0 Å². The molecule has 0 bridgehead atoms. The van der Waals surface area contributed by atoms with E-state index in [1.165, 1.54) is 17.7 Å². The maximum atomic E-state index is 12.3. The number of benzene rings is 2. The predicted molar refractivity (Wildman–Crippen MR) is 85.4 cm³/mol. The number of imide groups is 1. The van der Waals surface area contributed by atoms with Gasteiger partial charge in [-0.05, 0) is 48.1 Å². The van der Waals surface area contributed by atoms with E-state index in [1.54, 1.807) is 24.3 Å². The summed E-state index contributed by atoms with van der Waals surface area (Å²) in [6.45, 7) is 2.18. The van der Waals surface area contributed by atoms with Gasteiger partial charge in [0.15, 0.2) is 0 Å². The molecule has 0 saturated heterocycles. The molecule has 2 amide bonds. The molecule has 0 spiro atoms. The van der Waals surface area contributed by atoms with Gasteiger partial charge in [0.25, 0.3) is 11.8 Å². The van der Waals surface area contributed by atoms with Gasteiger partial charge in [0.05, 0.1) is 16.7 Å². The molecule has 0 aromatic heterocycles.